The lowest BCUT2D eigenvalue weighted by molar-refractivity contribution is -0.132. The van der Waals surface area contributed by atoms with E-state index in [0.29, 0.717) is 26.2 Å². The first-order chi connectivity index (χ1) is 17.0. The summed E-state index contributed by atoms with van der Waals surface area (Å²) < 4.78 is 0.636. The van der Waals surface area contributed by atoms with Crippen molar-refractivity contribution in [2.75, 3.05) is 4.90 Å². The molecule has 2 heterocycles. The number of carbonyl (C=O) groups is 2. The molecule has 1 fully saturated rings. The maximum Gasteiger partial charge on any atom is 0.301 e. The Labute approximate surface area is 214 Å². The second kappa shape index (κ2) is 10.0. The minimum Gasteiger partial charge on any atom is -0.507 e. The second-order valence-corrected chi connectivity index (χ2v) is 10.3. The van der Waals surface area contributed by atoms with Crippen molar-refractivity contribution in [3.05, 3.63) is 112 Å². The van der Waals surface area contributed by atoms with E-state index in [2.05, 4.69) is 10.2 Å². The highest BCUT2D eigenvalue weighted by Gasteiger charge is 2.48. The van der Waals surface area contributed by atoms with E-state index in [1.54, 1.807) is 24.3 Å². The standard InChI is InChI=1S/C26H18ClN3O3S2/c27-19-14-8-7-13-18(19)15-34-26-29-28-25(35-26)30-21(16-9-3-1-4-10-16)20(23(32)24(30)33)22(31)17-11-5-2-6-12-17/h1-14,21,31H,15H2/b22-20-. The van der Waals surface area contributed by atoms with Crippen molar-refractivity contribution in [1.29, 1.82) is 0 Å². The molecule has 1 unspecified atom stereocenters. The van der Waals surface area contributed by atoms with Crippen molar-refractivity contribution in [2.24, 2.45) is 0 Å². The Hall–Kier alpha value is -3.46. The van der Waals surface area contributed by atoms with E-state index in [9.17, 15) is 14.7 Å². The van der Waals surface area contributed by atoms with Crippen LogP contribution in [0.4, 0.5) is 5.13 Å². The molecule has 9 heteroatoms. The lowest BCUT2D eigenvalue weighted by Crippen LogP contribution is -2.29. The molecule has 1 N–H and O–H groups in total. The molecule has 1 saturated heterocycles. The Morgan fingerprint density at radius 1 is 0.943 bits per heavy atom. The Morgan fingerprint density at radius 3 is 2.31 bits per heavy atom. The molecule has 0 aliphatic carbocycles. The Bertz CT molecular complexity index is 1420. The molecule has 1 aliphatic rings. The number of thioether (sulfide) groups is 1. The number of anilines is 1. The number of amides is 1. The van der Waals surface area contributed by atoms with E-state index in [0.717, 1.165) is 5.56 Å². The van der Waals surface area contributed by atoms with Gasteiger partial charge >= 0.3 is 5.91 Å². The summed E-state index contributed by atoms with van der Waals surface area (Å²) in [4.78, 5) is 27.7. The molecule has 0 radical (unpaired) electrons. The van der Waals surface area contributed by atoms with Gasteiger partial charge in [0.1, 0.15) is 5.76 Å². The van der Waals surface area contributed by atoms with Crippen molar-refractivity contribution in [3.8, 4) is 0 Å². The normalized spacial score (nSPS) is 17.2. The number of aliphatic hydroxyl groups is 1. The second-order valence-electron chi connectivity index (χ2n) is 7.68. The number of halogens is 1. The van der Waals surface area contributed by atoms with Crippen LogP contribution in [-0.2, 0) is 15.3 Å². The zero-order chi connectivity index (χ0) is 24.4. The van der Waals surface area contributed by atoms with Crippen molar-refractivity contribution in [1.82, 2.24) is 10.2 Å². The molecule has 35 heavy (non-hydrogen) atoms. The molecule has 3 aromatic carbocycles. The van der Waals surface area contributed by atoms with Gasteiger partial charge < -0.3 is 5.11 Å². The van der Waals surface area contributed by atoms with Crippen LogP contribution in [0.5, 0.6) is 0 Å². The van der Waals surface area contributed by atoms with Gasteiger partial charge in [-0.1, -0.05) is 114 Å². The van der Waals surface area contributed by atoms with E-state index >= 15 is 0 Å². The fraction of sp³-hybridized carbons (Fsp3) is 0.0769. The van der Waals surface area contributed by atoms with Gasteiger partial charge in [-0.05, 0) is 17.2 Å². The maximum absolute atomic E-state index is 13.2. The highest BCUT2D eigenvalue weighted by molar-refractivity contribution is 8.00. The lowest BCUT2D eigenvalue weighted by Gasteiger charge is -2.22. The van der Waals surface area contributed by atoms with Gasteiger partial charge in [-0.15, -0.1) is 10.2 Å². The molecular formula is C26H18ClN3O3S2. The van der Waals surface area contributed by atoms with Gasteiger partial charge in [-0.3, -0.25) is 14.5 Å². The molecule has 0 bridgehead atoms. The van der Waals surface area contributed by atoms with Crippen LogP contribution in [0.25, 0.3) is 5.76 Å². The fourth-order valence-electron chi connectivity index (χ4n) is 3.85. The van der Waals surface area contributed by atoms with E-state index in [1.807, 2.05) is 60.7 Å². The number of ketones is 1. The van der Waals surface area contributed by atoms with Crippen LogP contribution in [-0.4, -0.2) is 27.0 Å². The van der Waals surface area contributed by atoms with Gasteiger partial charge in [0.15, 0.2) is 4.34 Å². The van der Waals surface area contributed by atoms with Gasteiger partial charge in [-0.2, -0.15) is 0 Å². The quantitative estimate of drug-likeness (QED) is 0.109. The summed E-state index contributed by atoms with van der Waals surface area (Å²) in [5.74, 6) is -1.16. The molecule has 1 amide bonds. The van der Waals surface area contributed by atoms with Crippen LogP contribution in [0.15, 0.2) is 94.8 Å². The number of Topliss-reactive ketones (excluding diaryl/α,β-unsaturated/α-hetero) is 1. The molecule has 6 nitrogen and oxygen atoms in total. The number of rotatable bonds is 6. The fourth-order valence-corrected chi connectivity index (χ4v) is 6.00. The zero-order valence-corrected chi connectivity index (χ0v) is 20.6. The van der Waals surface area contributed by atoms with Gasteiger partial charge in [0.05, 0.1) is 11.6 Å². The van der Waals surface area contributed by atoms with Gasteiger partial charge in [0, 0.05) is 16.3 Å². The Kier molecular flexibility index (Phi) is 6.68. The monoisotopic (exact) mass is 519 g/mol. The number of hydrogen-bond donors (Lipinski definition) is 1. The topological polar surface area (TPSA) is 83.4 Å². The van der Waals surface area contributed by atoms with Crippen LogP contribution >= 0.6 is 34.7 Å². The number of nitrogens with zero attached hydrogens (tertiary/aromatic N) is 3. The molecule has 1 atom stereocenters. The summed E-state index contributed by atoms with van der Waals surface area (Å²) in [5.41, 5.74) is 2.13. The number of aliphatic hydroxyl groups excluding tert-OH is 1. The molecule has 1 aliphatic heterocycles. The maximum atomic E-state index is 13.2. The zero-order valence-electron chi connectivity index (χ0n) is 18.2. The third kappa shape index (κ3) is 4.60. The Morgan fingerprint density at radius 2 is 1.60 bits per heavy atom. The largest absolute Gasteiger partial charge is 0.507 e. The molecule has 4 aromatic rings. The smallest absolute Gasteiger partial charge is 0.301 e. The van der Waals surface area contributed by atoms with Crippen molar-refractivity contribution in [3.63, 3.8) is 0 Å². The van der Waals surface area contributed by atoms with Crippen LogP contribution in [0.1, 0.15) is 22.7 Å². The summed E-state index contributed by atoms with van der Waals surface area (Å²) in [5, 5.41) is 20.5. The van der Waals surface area contributed by atoms with Crippen LogP contribution in [0.2, 0.25) is 5.02 Å². The van der Waals surface area contributed by atoms with Gasteiger partial charge in [-0.25, -0.2) is 0 Å². The summed E-state index contributed by atoms with van der Waals surface area (Å²) >= 11 is 8.91. The molecular weight excluding hydrogens is 502 g/mol. The van der Waals surface area contributed by atoms with Crippen molar-refractivity contribution >= 4 is 57.3 Å². The lowest BCUT2D eigenvalue weighted by atomic mass is 9.95. The van der Waals surface area contributed by atoms with Gasteiger partial charge in [0.2, 0.25) is 5.13 Å². The summed E-state index contributed by atoms with van der Waals surface area (Å²) in [6.45, 7) is 0. The third-order valence-electron chi connectivity index (χ3n) is 5.52. The van der Waals surface area contributed by atoms with Crippen LogP contribution in [0.3, 0.4) is 0 Å². The summed E-state index contributed by atoms with van der Waals surface area (Å²) in [7, 11) is 0. The first kappa shape index (κ1) is 23.3. The van der Waals surface area contributed by atoms with E-state index < -0.39 is 17.7 Å². The summed E-state index contributed by atoms with van der Waals surface area (Å²) in [6.07, 6.45) is 0. The third-order valence-corrected chi connectivity index (χ3v) is 7.99. The van der Waals surface area contributed by atoms with E-state index in [-0.39, 0.29) is 16.5 Å². The number of benzene rings is 3. The molecule has 0 spiro atoms. The number of aromatic nitrogens is 2. The molecule has 5 rings (SSSR count). The Balaban J connectivity index is 1.52. The highest BCUT2D eigenvalue weighted by atomic mass is 35.5. The van der Waals surface area contributed by atoms with Gasteiger partial charge in [0.25, 0.3) is 5.78 Å². The SMILES string of the molecule is O=C1C(=O)N(c2nnc(SCc3ccccc3Cl)s2)C(c2ccccc2)/C1=C(/O)c1ccccc1. The highest BCUT2D eigenvalue weighted by Crippen LogP contribution is 2.44. The summed E-state index contributed by atoms with van der Waals surface area (Å²) in [6, 6.07) is 24.6. The minimum atomic E-state index is -0.828. The van der Waals surface area contributed by atoms with Crippen LogP contribution in [0, 0.1) is 0 Å². The van der Waals surface area contributed by atoms with Crippen LogP contribution < -0.4 is 4.90 Å². The average molecular weight is 520 g/mol. The predicted octanol–water partition coefficient (Wildman–Crippen LogP) is 6.11. The molecule has 0 saturated carbocycles. The first-order valence-corrected chi connectivity index (χ1v) is 12.8. The first-order valence-electron chi connectivity index (χ1n) is 10.7. The predicted molar refractivity (Wildman–Crippen MR) is 139 cm³/mol. The van der Waals surface area contributed by atoms with E-state index in [4.69, 9.17) is 11.6 Å². The molecule has 1 aromatic heterocycles. The minimum absolute atomic E-state index is 0.0212. The average Bonchev–Trinajstić information content (AvgIpc) is 3.46. The van der Waals surface area contributed by atoms with E-state index in [1.165, 1.54) is 28.0 Å². The molecule has 174 valence electrons. The number of hydrogen-bond acceptors (Lipinski definition) is 7. The van der Waals surface area contributed by atoms with Crippen molar-refractivity contribution < 1.29 is 14.7 Å². The van der Waals surface area contributed by atoms with Crippen molar-refractivity contribution in [2.45, 2.75) is 16.1 Å². The number of carbonyl (C=O) groups excluding carboxylic acids is 2.